The lowest BCUT2D eigenvalue weighted by Crippen LogP contribution is -2.06. The number of nitrogens with zero attached hydrogens (tertiary/aromatic N) is 1. The number of carbonyl (C=O) groups is 1. The van der Waals surface area contributed by atoms with Crippen molar-refractivity contribution in [3.05, 3.63) is 58.8 Å². The molecule has 0 unspecified atom stereocenters. The molecule has 2 N–H and O–H groups in total. The minimum atomic E-state index is -1.04. The molecule has 0 radical (unpaired) electrons. The highest BCUT2D eigenvalue weighted by molar-refractivity contribution is 5.88. The van der Waals surface area contributed by atoms with Gasteiger partial charge >= 0.3 is 5.97 Å². The van der Waals surface area contributed by atoms with E-state index in [-0.39, 0.29) is 12.1 Å². The van der Waals surface area contributed by atoms with E-state index in [1.165, 1.54) is 18.2 Å². The lowest BCUT2D eigenvalue weighted by atomic mass is 10.2. The van der Waals surface area contributed by atoms with Gasteiger partial charge in [-0.15, -0.1) is 0 Å². The number of aromatic nitrogens is 1. The number of anilines is 1. The second kappa shape index (κ2) is 6.30. The Balaban J connectivity index is 2.17. The Morgan fingerprint density at radius 3 is 2.62 bits per heavy atom. The summed E-state index contributed by atoms with van der Waals surface area (Å²) in [4.78, 5) is 15.3. The third kappa shape index (κ3) is 3.75. The first-order valence-electron chi connectivity index (χ1n) is 6.41. The summed E-state index contributed by atoms with van der Waals surface area (Å²) in [6, 6.07) is 6.49. The molecular weight excluding hydrogens is 278 g/mol. The molecule has 21 heavy (non-hydrogen) atoms. The van der Waals surface area contributed by atoms with Gasteiger partial charge < -0.3 is 10.4 Å². The summed E-state index contributed by atoms with van der Waals surface area (Å²) in [6.45, 7) is 2.09. The summed E-state index contributed by atoms with van der Waals surface area (Å²) in [5, 5.41) is 11.9. The average Bonchev–Trinajstić information content (AvgIpc) is 2.48. The number of halogens is 2. The molecule has 0 spiro atoms. The molecule has 1 heterocycles. The molecule has 0 aliphatic carbocycles. The van der Waals surface area contributed by atoms with E-state index in [9.17, 15) is 13.6 Å². The molecule has 6 heteroatoms. The number of carboxylic acids is 1. The van der Waals surface area contributed by atoms with Gasteiger partial charge in [-0.2, -0.15) is 0 Å². The molecule has 0 bridgehead atoms. The van der Waals surface area contributed by atoms with Gasteiger partial charge in [0.15, 0.2) is 11.6 Å². The molecule has 2 rings (SSSR count). The van der Waals surface area contributed by atoms with Crippen molar-refractivity contribution < 1.29 is 18.7 Å². The maximum Gasteiger partial charge on any atom is 0.335 e. The maximum absolute atomic E-state index is 13.1. The van der Waals surface area contributed by atoms with Crippen molar-refractivity contribution in [3.8, 4) is 0 Å². The van der Waals surface area contributed by atoms with Crippen molar-refractivity contribution in [2.75, 3.05) is 5.32 Å². The van der Waals surface area contributed by atoms with Gasteiger partial charge in [-0.05, 0) is 36.2 Å². The third-order valence-electron chi connectivity index (χ3n) is 2.95. The monoisotopic (exact) mass is 292 g/mol. The number of rotatable bonds is 5. The molecular formula is C15H14F2N2O2. The Bertz CT molecular complexity index is 675. The summed E-state index contributed by atoms with van der Waals surface area (Å²) in [5.74, 6) is -2.48. The highest BCUT2D eigenvalue weighted by Crippen LogP contribution is 2.14. The third-order valence-corrected chi connectivity index (χ3v) is 2.95. The number of hydrogen-bond acceptors (Lipinski definition) is 3. The molecule has 1 aromatic heterocycles. The molecule has 0 atom stereocenters. The largest absolute Gasteiger partial charge is 0.478 e. The van der Waals surface area contributed by atoms with Crippen LogP contribution in [0.15, 0.2) is 30.3 Å². The summed E-state index contributed by atoms with van der Waals surface area (Å²) in [7, 11) is 0. The Hall–Kier alpha value is -2.50. The van der Waals surface area contributed by atoms with Crippen molar-refractivity contribution >= 4 is 11.8 Å². The summed E-state index contributed by atoms with van der Waals surface area (Å²) in [5.41, 5.74) is 1.31. The molecule has 4 nitrogen and oxygen atoms in total. The molecule has 0 fully saturated rings. The molecule has 0 aliphatic heterocycles. The van der Waals surface area contributed by atoms with Crippen LogP contribution >= 0.6 is 0 Å². The van der Waals surface area contributed by atoms with Crippen molar-refractivity contribution in [1.82, 2.24) is 4.98 Å². The van der Waals surface area contributed by atoms with Gasteiger partial charge in [0.2, 0.25) is 0 Å². The van der Waals surface area contributed by atoms with Crippen LogP contribution in [0.1, 0.15) is 28.5 Å². The summed E-state index contributed by atoms with van der Waals surface area (Å²) in [6.07, 6.45) is 0.598. The molecule has 110 valence electrons. The first-order valence-corrected chi connectivity index (χ1v) is 6.41. The Morgan fingerprint density at radius 1 is 1.24 bits per heavy atom. The van der Waals surface area contributed by atoms with Gasteiger partial charge in [0.25, 0.3) is 0 Å². The van der Waals surface area contributed by atoms with Crippen LogP contribution in [-0.2, 0) is 13.0 Å². The molecule has 0 saturated heterocycles. The van der Waals surface area contributed by atoms with Crippen molar-refractivity contribution in [1.29, 1.82) is 0 Å². The fourth-order valence-corrected chi connectivity index (χ4v) is 1.83. The fraction of sp³-hybridized carbons (Fsp3) is 0.200. The van der Waals surface area contributed by atoms with E-state index < -0.39 is 17.6 Å². The van der Waals surface area contributed by atoms with E-state index in [0.29, 0.717) is 23.5 Å². The van der Waals surface area contributed by atoms with Gasteiger partial charge in [0.1, 0.15) is 5.82 Å². The van der Waals surface area contributed by atoms with E-state index in [1.807, 2.05) is 6.92 Å². The number of benzene rings is 1. The van der Waals surface area contributed by atoms with Gasteiger partial charge in [0.05, 0.1) is 5.56 Å². The van der Waals surface area contributed by atoms with E-state index in [2.05, 4.69) is 10.3 Å². The van der Waals surface area contributed by atoms with Gasteiger partial charge in [0, 0.05) is 12.2 Å². The molecule has 1 aromatic carbocycles. The van der Waals surface area contributed by atoms with Gasteiger partial charge in [-0.1, -0.05) is 13.0 Å². The molecule has 0 saturated carbocycles. The van der Waals surface area contributed by atoms with Crippen molar-refractivity contribution in [3.63, 3.8) is 0 Å². The Morgan fingerprint density at radius 2 is 2.00 bits per heavy atom. The number of aryl methyl sites for hydroxylation is 1. The van der Waals surface area contributed by atoms with Crippen molar-refractivity contribution in [2.45, 2.75) is 19.9 Å². The number of hydrogen-bond donors (Lipinski definition) is 2. The van der Waals surface area contributed by atoms with Crippen LogP contribution < -0.4 is 5.32 Å². The second-order valence-electron chi connectivity index (χ2n) is 4.49. The zero-order valence-electron chi connectivity index (χ0n) is 11.4. The lowest BCUT2D eigenvalue weighted by molar-refractivity contribution is 0.0696. The van der Waals surface area contributed by atoms with Crippen LogP contribution in [0.25, 0.3) is 0 Å². The quantitative estimate of drug-likeness (QED) is 0.888. The topological polar surface area (TPSA) is 62.2 Å². The smallest absolute Gasteiger partial charge is 0.335 e. The Labute approximate surface area is 120 Å². The second-order valence-corrected chi connectivity index (χ2v) is 4.49. The summed E-state index contributed by atoms with van der Waals surface area (Å²) >= 11 is 0. The minimum Gasteiger partial charge on any atom is -0.478 e. The van der Waals surface area contributed by atoms with E-state index >= 15 is 0 Å². The van der Waals surface area contributed by atoms with Crippen LogP contribution in [0.5, 0.6) is 0 Å². The molecule has 0 aliphatic rings. The van der Waals surface area contributed by atoms with Crippen LogP contribution in [-0.4, -0.2) is 16.1 Å². The normalized spacial score (nSPS) is 10.4. The SMILES string of the molecule is CCc1cc(C(=O)O)cc(NCc2ccc(F)c(F)c2)n1. The van der Waals surface area contributed by atoms with Gasteiger partial charge in [-0.3, -0.25) is 0 Å². The molecule has 0 amide bonds. The number of aromatic carboxylic acids is 1. The van der Waals surface area contributed by atoms with E-state index in [1.54, 1.807) is 0 Å². The lowest BCUT2D eigenvalue weighted by Gasteiger charge is -2.09. The highest BCUT2D eigenvalue weighted by Gasteiger charge is 2.08. The predicted octanol–water partition coefficient (Wildman–Crippen LogP) is 3.23. The van der Waals surface area contributed by atoms with Crippen LogP contribution in [0.3, 0.4) is 0 Å². The van der Waals surface area contributed by atoms with Gasteiger partial charge in [-0.25, -0.2) is 18.6 Å². The van der Waals surface area contributed by atoms with Crippen LogP contribution in [0, 0.1) is 11.6 Å². The predicted molar refractivity (Wildman–Crippen MR) is 74.3 cm³/mol. The number of carboxylic acid groups (broad SMARTS) is 1. The standard InChI is InChI=1S/C15H14F2N2O2/c1-2-11-6-10(15(20)21)7-14(19-11)18-8-9-3-4-12(16)13(17)5-9/h3-7H,2,8H2,1H3,(H,18,19)(H,20,21). The first-order chi connectivity index (χ1) is 9.99. The fourth-order valence-electron chi connectivity index (χ4n) is 1.83. The number of nitrogens with one attached hydrogen (secondary N) is 1. The van der Waals surface area contributed by atoms with Crippen LogP contribution in [0.4, 0.5) is 14.6 Å². The zero-order valence-corrected chi connectivity index (χ0v) is 11.4. The Kier molecular flexibility index (Phi) is 4.47. The minimum absolute atomic E-state index is 0.134. The first kappa shape index (κ1) is 14.9. The summed E-state index contributed by atoms with van der Waals surface area (Å²) < 4.78 is 25.9. The van der Waals surface area contributed by atoms with Crippen molar-refractivity contribution in [2.24, 2.45) is 0 Å². The van der Waals surface area contributed by atoms with E-state index in [0.717, 1.165) is 12.1 Å². The molecule has 2 aromatic rings. The van der Waals surface area contributed by atoms with Crippen LogP contribution in [0.2, 0.25) is 0 Å². The number of pyridine rings is 1. The maximum atomic E-state index is 13.1. The van der Waals surface area contributed by atoms with E-state index in [4.69, 9.17) is 5.11 Å². The zero-order chi connectivity index (χ0) is 15.4. The average molecular weight is 292 g/mol. The highest BCUT2D eigenvalue weighted by atomic mass is 19.2.